The maximum atomic E-state index is 12.3. The quantitative estimate of drug-likeness (QED) is 0.452. The SMILES string of the molecule is C#Cc1cccc(NC(=O)CN=C(NCC)N2CCN(c3ncccn3)CC2)c1. The standard InChI is InChI=1S/C21H25N7O/c1-3-17-7-5-8-18(15-17)26-19(29)16-25-20(22-4-2)27-11-13-28(14-12-27)21-23-9-6-10-24-21/h1,5-10,15H,4,11-14,16H2,2H3,(H,22,25)(H,26,29). The Hall–Kier alpha value is -3.60. The van der Waals surface area contributed by atoms with E-state index in [4.69, 9.17) is 6.42 Å². The first-order chi connectivity index (χ1) is 14.2. The molecule has 1 aliphatic rings. The Morgan fingerprint density at radius 1 is 1.21 bits per heavy atom. The third-order valence-corrected chi connectivity index (χ3v) is 4.43. The molecule has 1 aromatic carbocycles. The van der Waals surface area contributed by atoms with Gasteiger partial charge in [0.1, 0.15) is 6.54 Å². The van der Waals surface area contributed by atoms with Gasteiger partial charge in [0.05, 0.1) is 0 Å². The summed E-state index contributed by atoms with van der Waals surface area (Å²) in [6.45, 7) is 5.90. The predicted molar refractivity (Wildman–Crippen MR) is 115 cm³/mol. The number of hydrogen-bond acceptors (Lipinski definition) is 5. The highest BCUT2D eigenvalue weighted by atomic mass is 16.1. The molecule has 0 aliphatic carbocycles. The van der Waals surface area contributed by atoms with Crippen LogP contribution in [0.5, 0.6) is 0 Å². The molecule has 0 saturated carbocycles. The highest BCUT2D eigenvalue weighted by Gasteiger charge is 2.21. The summed E-state index contributed by atoms with van der Waals surface area (Å²) in [4.78, 5) is 29.7. The van der Waals surface area contributed by atoms with E-state index in [0.717, 1.165) is 50.2 Å². The summed E-state index contributed by atoms with van der Waals surface area (Å²) in [5.41, 5.74) is 1.39. The van der Waals surface area contributed by atoms with Crippen LogP contribution in [0.25, 0.3) is 0 Å². The molecular formula is C21H25N7O. The van der Waals surface area contributed by atoms with Gasteiger partial charge in [-0.3, -0.25) is 4.79 Å². The Morgan fingerprint density at radius 2 is 1.97 bits per heavy atom. The predicted octanol–water partition coefficient (Wildman–Crippen LogP) is 1.18. The average Bonchev–Trinajstić information content (AvgIpc) is 2.77. The second-order valence-corrected chi connectivity index (χ2v) is 6.47. The molecule has 1 saturated heterocycles. The zero-order chi connectivity index (χ0) is 20.5. The van der Waals surface area contributed by atoms with Crippen molar-refractivity contribution in [2.24, 2.45) is 4.99 Å². The summed E-state index contributed by atoms with van der Waals surface area (Å²) in [5.74, 6) is 3.84. The summed E-state index contributed by atoms with van der Waals surface area (Å²) >= 11 is 0. The summed E-state index contributed by atoms with van der Waals surface area (Å²) in [6.07, 6.45) is 8.90. The number of aromatic nitrogens is 2. The third-order valence-electron chi connectivity index (χ3n) is 4.43. The number of carbonyl (C=O) groups excluding carboxylic acids is 1. The third kappa shape index (κ3) is 5.69. The molecule has 150 valence electrons. The van der Waals surface area contributed by atoms with Crippen molar-refractivity contribution in [1.29, 1.82) is 0 Å². The number of nitrogens with one attached hydrogen (secondary N) is 2. The Labute approximate surface area is 171 Å². The molecule has 0 atom stereocenters. The van der Waals surface area contributed by atoms with Crippen LogP contribution in [0.15, 0.2) is 47.7 Å². The van der Waals surface area contributed by atoms with Crippen LogP contribution in [0.2, 0.25) is 0 Å². The molecule has 29 heavy (non-hydrogen) atoms. The lowest BCUT2D eigenvalue weighted by atomic mass is 10.2. The number of terminal acetylenes is 1. The van der Waals surface area contributed by atoms with Crippen LogP contribution in [-0.4, -0.2) is 66.0 Å². The fourth-order valence-corrected chi connectivity index (χ4v) is 3.03. The molecule has 2 N–H and O–H groups in total. The first-order valence-corrected chi connectivity index (χ1v) is 9.61. The van der Waals surface area contributed by atoms with Crippen molar-refractivity contribution < 1.29 is 4.79 Å². The lowest BCUT2D eigenvalue weighted by molar-refractivity contribution is -0.114. The van der Waals surface area contributed by atoms with Crippen molar-refractivity contribution in [1.82, 2.24) is 20.2 Å². The van der Waals surface area contributed by atoms with E-state index >= 15 is 0 Å². The van der Waals surface area contributed by atoms with E-state index in [9.17, 15) is 4.79 Å². The van der Waals surface area contributed by atoms with Crippen molar-refractivity contribution in [3.63, 3.8) is 0 Å². The second-order valence-electron chi connectivity index (χ2n) is 6.47. The van der Waals surface area contributed by atoms with Gasteiger partial charge in [-0.05, 0) is 31.2 Å². The van der Waals surface area contributed by atoms with E-state index in [-0.39, 0.29) is 12.5 Å². The maximum Gasteiger partial charge on any atom is 0.246 e. The fraction of sp³-hybridized carbons (Fsp3) is 0.333. The van der Waals surface area contributed by atoms with Gasteiger partial charge in [0.2, 0.25) is 11.9 Å². The van der Waals surface area contributed by atoms with Gasteiger partial charge >= 0.3 is 0 Å². The van der Waals surface area contributed by atoms with Gasteiger partial charge in [-0.15, -0.1) is 6.42 Å². The summed E-state index contributed by atoms with van der Waals surface area (Å²) in [5, 5.41) is 6.10. The minimum Gasteiger partial charge on any atom is -0.357 e. The molecule has 0 spiro atoms. The number of nitrogens with zero attached hydrogens (tertiary/aromatic N) is 5. The van der Waals surface area contributed by atoms with Gasteiger partial charge in [0.15, 0.2) is 5.96 Å². The van der Waals surface area contributed by atoms with Crippen LogP contribution in [0.4, 0.5) is 11.6 Å². The molecule has 8 nitrogen and oxygen atoms in total. The number of anilines is 2. The van der Waals surface area contributed by atoms with Crippen LogP contribution in [0.1, 0.15) is 12.5 Å². The molecule has 0 unspecified atom stereocenters. The number of amides is 1. The van der Waals surface area contributed by atoms with E-state index in [1.54, 1.807) is 24.5 Å². The molecule has 1 aliphatic heterocycles. The molecule has 3 rings (SSSR count). The highest BCUT2D eigenvalue weighted by molar-refractivity contribution is 5.94. The summed E-state index contributed by atoms with van der Waals surface area (Å²) in [7, 11) is 0. The topological polar surface area (TPSA) is 85.8 Å². The van der Waals surface area contributed by atoms with E-state index in [0.29, 0.717) is 5.69 Å². The summed E-state index contributed by atoms with van der Waals surface area (Å²) in [6, 6.07) is 9.00. The van der Waals surface area contributed by atoms with Crippen LogP contribution >= 0.6 is 0 Å². The van der Waals surface area contributed by atoms with Crippen molar-refractivity contribution in [3.8, 4) is 12.3 Å². The Balaban J connectivity index is 1.57. The maximum absolute atomic E-state index is 12.3. The zero-order valence-electron chi connectivity index (χ0n) is 16.5. The number of carbonyl (C=O) groups is 1. The van der Waals surface area contributed by atoms with Crippen LogP contribution in [-0.2, 0) is 4.79 Å². The number of piperazine rings is 1. The number of benzene rings is 1. The van der Waals surface area contributed by atoms with Gasteiger partial charge in [0.25, 0.3) is 0 Å². The van der Waals surface area contributed by atoms with Crippen molar-refractivity contribution in [2.75, 3.05) is 49.5 Å². The minimum atomic E-state index is -0.189. The molecule has 1 amide bonds. The van der Waals surface area contributed by atoms with Crippen LogP contribution < -0.4 is 15.5 Å². The summed E-state index contributed by atoms with van der Waals surface area (Å²) < 4.78 is 0. The Morgan fingerprint density at radius 3 is 2.66 bits per heavy atom. The minimum absolute atomic E-state index is 0.0324. The van der Waals surface area contributed by atoms with Crippen molar-refractivity contribution >= 4 is 23.5 Å². The largest absolute Gasteiger partial charge is 0.357 e. The zero-order valence-corrected chi connectivity index (χ0v) is 16.5. The van der Waals surface area contributed by atoms with Gasteiger partial charge in [-0.1, -0.05) is 12.0 Å². The molecule has 1 aromatic heterocycles. The van der Waals surface area contributed by atoms with Crippen molar-refractivity contribution in [3.05, 3.63) is 48.3 Å². The second kappa shape index (κ2) is 10.1. The number of hydrogen-bond donors (Lipinski definition) is 2. The first kappa shape index (κ1) is 20.1. The normalized spacial score (nSPS) is 14.3. The number of rotatable bonds is 5. The monoisotopic (exact) mass is 391 g/mol. The van der Waals surface area contributed by atoms with Gasteiger partial charge in [-0.2, -0.15) is 0 Å². The van der Waals surface area contributed by atoms with E-state index in [1.165, 1.54) is 0 Å². The molecule has 0 radical (unpaired) electrons. The molecule has 1 fully saturated rings. The van der Waals surface area contributed by atoms with Crippen molar-refractivity contribution in [2.45, 2.75) is 6.92 Å². The molecule has 2 aromatic rings. The van der Waals surface area contributed by atoms with E-state index < -0.39 is 0 Å². The lowest BCUT2D eigenvalue weighted by Gasteiger charge is -2.36. The Bertz CT molecular complexity index is 883. The lowest BCUT2D eigenvalue weighted by Crippen LogP contribution is -2.53. The molecular weight excluding hydrogens is 366 g/mol. The first-order valence-electron chi connectivity index (χ1n) is 9.61. The number of aliphatic imine (C=N–C) groups is 1. The average molecular weight is 391 g/mol. The van der Waals surface area contributed by atoms with Crippen LogP contribution in [0.3, 0.4) is 0 Å². The molecule has 2 heterocycles. The van der Waals surface area contributed by atoms with Gasteiger partial charge in [0, 0.05) is 56.4 Å². The van der Waals surface area contributed by atoms with E-state index in [2.05, 4.69) is 41.3 Å². The fourth-order valence-electron chi connectivity index (χ4n) is 3.03. The van der Waals surface area contributed by atoms with E-state index in [1.807, 2.05) is 25.1 Å². The molecule has 0 bridgehead atoms. The Kier molecular flexibility index (Phi) is 7.00. The smallest absolute Gasteiger partial charge is 0.246 e. The van der Waals surface area contributed by atoms with Gasteiger partial charge in [-0.25, -0.2) is 15.0 Å². The van der Waals surface area contributed by atoms with Crippen LogP contribution in [0, 0.1) is 12.3 Å². The highest BCUT2D eigenvalue weighted by Crippen LogP contribution is 2.11. The molecule has 8 heteroatoms. The van der Waals surface area contributed by atoms with Gasteiger partial charge < -0.3 is 20.4 Å². The number of guanidine groups is 1.